The summed E-state index contributed by atoms with van der Waals surface area (Å²) in [6.07, 6.45) is 4.81. The van der Waals surface area contributed by atoms with Crippen LogP contribution in [0.25, 0.3) is 0 Å². The first kappa shape index (κ1) is 10.7. The Balaban J connectivity index is 2.14. The Labute approximate surface area is 80.3 Å². The number of hydrogen-bond acceptors (Lipinski definition) is 2. The van der Waals surface area contributed by atoms with Crippen LogP contribution in [0, 0.1) is 5.92 Å². The predicted octanol–water partition coefficient (Wildman–Crippen LogP) is 2.30. The third-order valence-corrected chi connectivity index (χ3v) is 2.79. The fraction of sp³-hybridized carbons (Fsp3) is 0.909. The summed E-state index contributed by atoms with van der Waals surface area (Å²) in [5.41, 5.74) is -0.480. The smallest absolute Gasteiger partial charge is 0.133 e. The Morgan fingerprint density at radius 1 is 1.46 bits per heavy atom. The highest BCUT2D eigenvalue weighted by Gasteiger charge is 2.34. The number of ketones is 1. The molecule has 1 saturated carbocycles. The molecule has 0 saturated heterocycles. The molecule has 1 aliphatic rings. The van der Waals surface area contributed by atoms with Gasteiger partial charge in [0.15, 0.2) is 0 Å². The van der Waals surface area contributed by atoms with Crippen LogP contribution in [0.2, 0.25) is 0 Å². The molecule has 2 nitrogen and oxygen atoms in total. The zero-order valence-electron chi connectivity index (χ0n) is 8.68. The summed E-state index contributed by atoms with van der Waals surface area (Å²) in [7, 11) is 0. The summed E-state index contributed by atoms with van der Waals surface area (Å²) in [6.45, 7) is 4.10. The molecule has 0 aromatic heterocycles. The quantitative estimate of drug-likeness (QED) is 0.711. The van der Waals surface area contributed by atoms with Gasteiger partial charge in [-0.3, -0.25) is 4.79 Å². The number of hydrogen-bond donors (Lipinski definition) is 1. The number of carbonyl (C=O) groups is 1. The van der Waals surface area contributed by atoms with Crippen LogP contribution in [0.5, 0.6) is 0 Å². The lowest BCUT2D eigenvalue weighted by Crippen LogP contribution is -2.37. The summed E-state index contributed by atoms with van der Waals surface area (Å²) in [5.74, 6) is 0.749. The standard InChI is InChI=1S/C11H20O2/c1-9(2)8-10(12)4-7-11(13)5-3-6-11/h9,13H,3-8H2,1-2H3. The molecule has 0 atom stereocenters. The molecule has 1 aliphatic carbocycles. The molecular weight excluding hydrogens is 164 g/mol. The monoisotopic (exact) mass is 184 g/mol. The van der Waals surface area contributed by atoms with Crippen LogP contribution in [-0.4, -0.2) is 16.5 Å². The molecule has 0 aromatic rings. The summed E-state index contributed by atoms with van der Waals surface area (Å²) in [4.78, 5) is 11.3. The van der Waals surface area contributed by atoms with Crippen molar-refractivity contribution in [2.24, 2.45) is 5.92 Å². The van der Waals surface area contributed by atoms with E-state index in [1.165, 1.54) is 0 Å². The van der Waals surface area contributed by atoms with E-state index in [9.17, 15) is 9.90 Å². The normalized spacial score (nSPS) is 20.0. The van der Waals surface area contributed by atoms with Gasteiger partial charge in [-0.1, -0.05) is 13.8 Å². The second-order valence-corrected chi connectivity index (χ2v) is 4.71. The molecule has 0 spiro atoms. The average Bonchev–Trinajstić information content (AvgIpc) is 1.96. The second-order valence-electron chi connectivity index (χ2n) is 4.71. The Bertz CT molecular complexity index is 181. The minimum absolute atomic E-state index is 0.301. The molecule has 1 N–H and O–H groups in total. The number of rotatable bonds is 5. The molecule has 0 heterocycles. The van der Waals surface area contributed by atoms with Crippen molar-refractivity contribution >= 4 is 5.78 Å². The topological polar surface area (TPSA) is 37.3 Å². The fourth-order valence-corrected chi connectivity index (χ4v) is 1.76. The van der Waals surface area contributed by atoms with Gasteiger partial charge in [0.2, 0.25) is 0 Å². The maximum absolute atomic E-state index is 11.3. The summed E-state index contributed by atoms with van der Waals surface area (Å²) < 4.78 is 0. The van der Waals surface area contributed by atoms with Gasteiger partial charge in [-0.2, -0.15) is 0 Å². The minimum atomic E-state index is -0.480. The molecule has 0 aliphatic heterocycles. The highest BCUT2D eigenvalue weighted by Crippen LogP contribution is 2.35. The number of aliphatic hydroxyl groups is 1. The van der Waals surface area contributed by atoms with E-state index < -0.39 is 5.60 Å². The Kier molecular flexibility index (Phi) is 3.48. The molecular formula is C11H20O2. The van der Waals surface area contributed by atoms with Crippen molar-refractivity contribution in [3.05, 3.63) is 0 Å². The van der Waals surface area contributed by atoms with Gasteiger partial charge >= 0.3 is 0 Å². The van der Waals surface area contributed by atoms with Gasteiger partial charge in [-0.05, 0) is 31.6 Å². The summed E-state index contributed by atoms with van der Waals surface area (Å²) in [5, 5.41) is 9.74. The molecule has 1 fully saturated rings. The number of Topliss-reactive ketones (excluding diaryl/α,β-unsaturated/α-hetero) is 1. The van der Waals surface area contributed by atoms with Crippen molar-refractivity contribution < 1.29 is 9.90 Å². The largest absolute Gasteiger partial charge is 0.390 e. The van der Waals surface area contributed by atoms with Crippen molar-refractivity contribution in [1.29, 1.82) is 0 Å². The Morgan fingerprint density at radius 2 is 2.08 bits per heavy atom. The third-order valence-electron chi connectivity index (χ3n) is 2.79. The van der Waals surface area contributed by atoms with Crippen LogP contribution in [0.15, 0.2) is 0 Å². The molecule has 0 bridgehead atoms. The van der Waals surface area contributed by atoms with Gasteiger partial charge < -0.3 is 5.11 Å². The zero-order chi connectivity index (χ0) is 9.90. The molecule has 0 radical (unpaired) electrons. The molecule has 2 heteroatoms. The zero-order valence-corrected chi connectivity index (χ0v) is 8.68. The van der Waals surface area contributed by atoms with Crippen molar-refractivity contribution in [2.45, 2.75) is 58.0 Å². The van der Waals surface area contributed by atoms with Crippen LogP contribution >= 0.6 is 0 Å². The van der Waals surface area contributed by atoms with Crippen LogP contribution in [0.4, 0.5) is 0 Å². The Hall–Kier alpha value is -0.370. The van der Waals surface area contributed by atoms with Gasteiger partial charge in [0.25, 0.3) is 0 Å². The maximum atomic E-state index is 11.3. The number of carbonyl (C=O) groups excluding carboxylic acids is 1. The Morgan fingerprint density at radius 3 is 2.46 bits per heavy atom. The highest BCUT2D eigenvalue weighted by atomic mass is 16.3. The molecule has 13 heavy (non-hydrogen) atoms. The van der Waals surface area contributed by atoms with Crippen LogP contribution in [0.1, 0.15) is 52.4 Å². The molecule has 76 valence electrons. The van der Waals surface area contributed by atoms with Crippen LogP contribution < -0.4 is 0 Å². The first-order valence-electron chi connectivity index (χ1n) is 5.26. The lowest BCUT2D eigenvalue weighted by Gasteiger charge is -2.36. The highest BCUT2D eigenvalue weighted by molar-refractivity contribution is 5.78. The van der Waals surface area contributed by atoms with Gasteiger partial charge in [0.1, 0.15) is 5.78 Å². The van der Waals surface area contributed by atoms with Gasteiger partial charge in [0.05, 0.1) is 5.60 Å². The molecule has 0 amide bonds. The third kappa shape index (κ3) is 3.47. The second kappa shape index (κ2) is 4.23. The lowest BCUT2D eigenvalue weighted by atomic mass is 9.76. The van der Waals surface area contributed by atoms with Crippen LogP contribution in [0.3, 0.4) is 0 Å². The fourth-order valence-electron chi connectivity index (χ4n) is 1.76. The van der Waals surface area contributed by atoms with E-state index in [4.69, 9.17) is 0 Å². The molecule has 0 aromatic carbocycles. The van der Waals surface area contributed by atoms with Gasteiger partial charge in [0, 0.05) is 12.8 Å². The van der Waals surface area contributed by atoms with E-state index in [-0.39, 0.29) is 0 Å². The maximum Gasteiger partial charge on any atom is 0.133 e. The van der Waals surface area contributed by atoms with Crippen molar-refractivity contribution in [2.75, 3.05) is 0 Å². The van der Waals surface area contributed by atoms with Gasteiger partial charge in [-0.15, -0.1) is 0 Å². The molecule has 1 rings (SSSR count). The van der Waals surface area contributed by atoms with Gasteiger partial charge in [-0.25, -0.2) is 0 Å². The summed E-state index contributed by atoms with van der Waals surface area (Å²) in [6, 6.07) is 0. The van der Waals surface area contributed by atoms with Crippen molar-refractivity contribution in [1.82, 2.24) is 0 Å². The van der Waals surface area contributed by atoms with E-state index in [2.05, 4.69) is 13.8 Å². The van der Waals surface area contributed by atoms with Crippen molar-refractivity contribution in [3.8, 4) is 0 Å². The van der Waals surface area contributed by atoms with E-state index in [0.717, 1.165) is 19.3 Å². The first-order chi connectivity index (χ1) is 6.02. The first-order valence-corrected chi connectivity index (χ1v) is 5.26. The predicted molar refractivity (Wildman–Crippen MR) is 52.5 cm³/mol. The van der Waals surface area contributed by atoms with Crippen molar-refractivity contribution in [3.63, 3.8) is 0 Å². The van der Waals surface area contributed by atoms with E-state index >= 15 is 0 Å². The average molecular weight is 184 g/mol. The summed E-state index contributed by atoms with van der Waals surface area (Å²) >= 11 is 0. The van der Waals surface area contributed by atoms with E-state index in [0.29, 0.717) is 31.0 Å². The van der Waals surface area contributed by atoms with E-state index in [1.54, 1.807) is 0 Å². The van der Waals surface area contributed by atoms with Crippen LogP contribution in [-0.2, 0) is 4.79 Å². The molecule has 0 unspecified atom stereocenters. The minimum Gasteiger partial charge on any atom is -0.390 e. The van der Waals surface area contributed by atoms with E-state index in [1.807, 2.05) is 0 Å². The SMILES string of the molecule is CC(C)CC(=O)CCC1(O)CCC1. The lowest BCUT2D eigenvalue weighted by molar-refractivity contribution is -0.122.